The molecule has 0 spiro atoms. The molecule has 1 unspecified atom stereocenters. The summed E-state index contributed by atoms with van der Waals surface area (Å²) in [4.78, 5) is 0. The first kappa shape index (κ1) is 11.0. The first-order valence-electron chi connectivity index (χ1n) is 5.54. The fourth-order valence-electron chi connectivity index (χ4n) is 2.46. The molecule has 0 heterocycles. The summed E-state index contributed by atoms with van der Waals surface area (Å²) in [5.74, 6) is 0.267. The summed E-state index contributed by atoms with van der Waals surface area (Å²) >= 11 is 0. The first-order chi connectivity index (χ1) is 6.14. The van der Waals surface area contributed by atoms with Crippen LogP contribution in [-0.4, -0.2) is 21.9 Å². The highest BCUT2D eigenvalue weighted by molar-refractivity contribution is 4.93. The molecule has 0 aromatic rings. The molecule has 1 aliphatic rings. The Morgan fingerprint density at radius 1 is 1.15 bits per heavy atom. The minimum absolute atomic E-state index is 0.267. The van der Waals surface area contributed by atoms with Gasteiger partial charge >= 0.3 is 0 Å². The minimum Gasteiger partial charge on any atom is -0.390 e. The average Bonchev–Trinajstić information content (AvgIpc) is 2.55. The van der Waals surface area contributed by atoms with Crippen LogP contribution < -0.4 is 0 Å². The van der Waals surface area contributed by atoms with Crippen LogP contribution in [0, 0.1) is 5.92 Å². The minimum atomic E-state index is -0.767. The zero-order valence-corrected chi connectivity index (χ0v) is 8.79. The molecule has 0 radical (unpaired) electrons. The van der Waals surface area contributed by atoms with Gasteiger partial charge in [0.15, 0.2) is 0 Å². The van der Waals surface area contributed by atoms with Crippen LogP contribution in [0.5, 0.6) is 0 Å². The van der Waals surface area contributed by atoms with Gasteiger partial charge in [-0.15, -0.1) is 0 Å². The van der Waals surface area contributed by atoms with E-state index in [9.17, 15) is 10.2 Å². The molecule has 1 fully saturated rings. The fourth-order valence-corrected chi connectivity index (χ4v) is 2.46. The molecule has 1 saturated carbocycles. The highest BCUT2D eigenvalue weighted by Crippen LogP contribution is 2.36. The third kappa shape index (κ3) is 2.23. The van der Waals surface area contributed by atoms with Gasteiger partial charge in [0.2, 0.25) is 0 Å². The number of hydrogen-bond donors (Lipinski definition) is 2. The molecular weight excluding hydrogens is 164 g/mol. The quantitative estimate of drug-likeness (QED) is 0.705. The van der Waals surface area contributed by atoms with Crippen molar-refractivity contribution in [3.05, 3.63) is 0 Å². The van der Waals surface area contributed by atoms with E-state index in [0.29, 0.717) is 0 Å². The van der Waals surface area contributed by atoms with Crippen molar-refractivity contribution in [1.82, 2.24) is 0 Å². The SMILES string of the molecule is CCC(CC)C(O)C1(O)CCCC1. The van der Waals surface area contributed by atoms with Crippen molar-refractivity contribution >= 4 is 0 Å². The third-order valence-electron chi connectivity index (χ3n) is 3.52. The Balaban J connectivity index is 2.58. The molecule has 1 aliphatic carbocycles. The lowest BCUT2D eigenvalue weighted by Gasteiger charge is -2.33. The largest absolute Gasteiger partial charge is 0.390 e. The van der Waals surface area contributed by atoms with E-state index in [0.717, 1.165) is 38.5 Å². The van der Waals surface area contributed by atoms with Crippen molar-refractivity contribution in [3.8, 4) is 0 Å². The van der Waals surface area contributed by atoms with E-state index in [-0.39, 0.29) is 5.92 Å². The van der Waals surface area contributed by atoms with Gasteiger partial charge in [0.05, 0.1) is 11.7 Å². The second-order valence-electron chi connectivity index (χ2n) is 4.33. The zero-order chi connectivity index (χ0) is 9.90. The fraction of sp³-hybridized carbons (Fsp3) is 1.00. The topological polar surface area (TPSA) is 40.5 Å². The van der Waals surface area contributed by atoms with Gasteiger partial charge in [-0.2, -0.15) is 0 Å². The monoisotopic (exact) mass is 186 g/mol. The summed E-state index contributed by atoms with van der Waals surface area (Å²) in [7, 11) is 0. The van der Waals surface area contributed by atoms with Crippen LogP contribution in [0.25, 0.3) is 0 Å². The zero-order valence-electron chi connectivity index (χ0n) is 8.79. The molecule has 2 nitrogen and oxygen atoms in total. The highest BCUT2D eigenvalue weighted by atomic mass is 16.3. The van der Waals surface area contributed by atoms with E-state index in [1.807, 2.05) is 0 Å². The number of aliphatic hydroxyl groups excluding tert-OH is 1. The number of rotatable bonds is 4. The molecule has 0 bridgehead atoms. The molecule has 1 rings (SSSR count). The molecule has 0 aromatic heterocycles. The molecular formula is C11H22O2. The number of hydrogen-bond acceptors (Lipinski definition) is 2. The molecule has 0 saturated heterocycles. The Bertz CT molecular complexity index is 146. The maximum atomic E-state index is 10.1. The third-order valence-corrected chi connectivity index (χ3v) is 3.52. The van der Waals surface area contributed by atoms with Gasteiger partial charge in [-0.3, -0.25) is 0 Å². The molecule has 0 aromatic carbocycles. The van der Waals surface area contributed by atoms with Crippen LogP contribution >= 0.6 is 0 Å². The molecule has 2 N–H and O–H groups in total. The summed E-state index contributed by atoms with van der Waals surface area (Å²) in [6, 6.07) is 0. The van der Waals surface area contributed by atoms with Gasteiger partial charge in [0.25, 0.3) is 0 Å². The van der Waals surface area contributed by atoms with E-state index >= 15 is 0 Å². The Labute approximate surface area is 81.0 Å². The van der Waals surface area contributed by atoms with Crippen molar-refractivity contribution in [2.75, 3.05) is 0 Å². The maximum Gasteiger partial charge on any atom is 0.0908 e. The van der Waals surface area contributed by atoms with E-state index in [2.05, 4.69) is 13.8 Å². The van der Waals surface area contributed by atoms with Crippen LogP contribution in [0.2, 0.25) is 0 Å². The van der Waals surface area contributed by atoms with E-state index in [1.54, 1.807) is 0 Å². The molecule has 0 aliphatic heterocycles. The summed E-state index contributed by atoms with van der Waals surface area (Å²) in [6.07, 6.45) is 5.10. The summed E-state index contributed by atoms with van der Waals surface area (Å²) in [6.45, 7) is 4.16. The summed E-state index contributed by atoms with van der Waals surface area (Å²) in [5.41, 5.74) is -0.767. The predicted molar refractivity (Wildman–Crippen MR) is 53.5 cm³/mol. The van der Waals surface area contributed by atoms with Crippen molar-refractivity contribution < 1.29 is 10.2 Å². The molecule has 78 valence electrons. The van der Waals surface area contributed by atoms with Gasteiger partial charge in [0, 0.05) is 0 Å². The van der Waals surface area contributed by atoms with Crippen molar-refractivity contribution in [3.63, 3.8) is 0 Å². The molecule has 2 heteroatoms. The van der Waals surface area contributed by atoms with Gasteiger partial charge in [-0.25, -0.2) is 0 Å². The predicted octanol–water partition coefficient (Wildman–Crippen LogP) is 2.09. The molecule has 1 atom stereocenters. The normalized spacial score (nSPS) is 23.8. The van der Waals surface area contributed by atoms with Crippen molar-refractivity contribution in [2.45, 2.75) is 64.1 Å². The summed E-state index contributed by atoms with van der Waals surface area (Å²) in [5, 5.41) is 20.2. The lowest BCUT2D eigenvalue weighted by Crippen LogP contribution is -2.44. The van der Waals surface area contributed by atoms with Gasteiger partial charge < -0.3 is 10.2 Å². The van der Waals surface area contributed by atoms with Crippen molar-refractivity contribution in [2.24, 2.45) is 5.92 Å². The van der Waals surface area contributed by atoms with Crippen LogP contribution in [0.4, 0.5) is 0 Å². The Morgan fingerprint density at radius 2 is 1.62 bits per heavy atom. The van der Waals surface area contributed by atoms with Gasteiger partial charge in [-0.05, 0) is 18.8 Å². The highest BCUT2D eigenvalue weighted by Gasteiger charge is 2.41. The lowest BCUT2D eigenvalue weighted by molar-refractivity contribution is -0.0974. The second kappa shape index (κ2) is 4.43. The summed E-state index contributed by atoms with van der Waals surface area (Å²) < 4.78 is 0. The standard InChI is InChI=1S/C11H22O2/c1-3-9(4-2)10(12)11(13)7-5-6-8-11/h9-10,12-13H,3-8H2,1-2H3. The first-order valence-corrected chi connectivity index (χ1v) is 5.54. The second-order valence-corrected chi connectivity index (χ2v) is 4.33. The lowest BCUT2D eigenvalue weighted by atomic mass is 9.83. The Kier molecular flexibility index (Phi) is 3.74. The molecule has 0 amide bonds. The van der Waals surface area contributed by atoms with E-state index in [4.69, 9.17) is 0 Å². The van der Waals surface area contributed by atoms with Crippen LogP contribution in [0.3, 0.4) is 0 Å². The molecule has 13 heavy (non-hydrogen) atoms. The van der Waals surface area contributed by atoms with E-state index < -0.39 is 11.7 Å². The van der Waals surface area contributed by atoms with Crippen LogP contribution in [-0.2, 0) is 0 Å². The van der Waals surface area contributed by atoms with E-state index in [1.165, 1.54) is 0 Å². The Hall–Kier alpha value is -0.0800. The Morgan fingerprint density at radius 3 is 2.00 bits per heavy atom. The van der Waals surface area contributed by atoms with Crippen molar-refractivity contribution in [1.29, 1.82) is 0 Å². The van der Waals surface area contributed by atoms with Gasteiger partial charge in [0.1, 0.15) is 0 Å². The van der Waals surface area contributed by atoms with Gasteiger partial charge in [-0.1, -0.05) is 39.5 Å². The maximum absolute atomic E-state index is 10.1. The van der Waals surface area contributed by atoms with Crippen LogP contribution in [0.1, 0.15) is 52.4 Å². The van der Waals surface area contributed by atoms with Crippen LogP contribution in [0.15, 0.2) is 0 Å². The average molecular weight is 186 g/mol. The smallest absolute Gasteiger partial charge is 0.0908 e. The number of aliphatic hydroxyl groups is 2.